The van der Waals surface area contributed by atoms with Gasteiger partial charge < -0.3 is 11.1 Å². The van der Waals surface area contributed by atoms with Crippen LogP contribution in [0.1, 0.15) is 19.8 Å². The Morgan fingerprint density at radius 3 is 2.74 bits per heavy atom. The minimum atomic E-state index is -0.0885. The summed E-state index contributed by atoms with van der Waals surface area (Å²) in [5.41, 5.74) is 7.37. The Kier molecular flexibility index (Phi) is 4.25. The third-order valence-electron chi connectivity index (χ3n) is 2.81. The molecular formula is C13H17N5O. The van der Waals surface area contributed by atoms with E-state index in [-0.39, 0.29) is 11.9 Å². The molecule has 0 spiro atoms. The van der Waals surface area contributed by atoms with Gasteiger partial charge in [-0.2, -0.15) is 5.10 Å². The molecule has 100 valence electrons. The minimum absolute atomic E-state index is 0.0668. The Hall–Kier alpha value is -2.21. The Morgan fingerprint density at radius 1 is 1.42 bits per heavy atom. The lowest BCUT2D eigenvalue weighted by molar-refractivity contribution is -0.116. The quantitative estimate of drug-likeness (QED) is 0.848. The molecule has 1 amide bonds. The molecule has 2 rings (SSSR count). The number of anilines is 1. The van der Waals surface area contributed by atoms with Gasteiger partial charge in [-0.25, -0.2) is 9.67 Å². The Labute approximate surface area is 111 Å². The van der Waals surface area contributed by atoms with E-state index < -0.39 is 0 Å². The van der Waals surface area contributed by atoms with Crippen molar-refractivity contribution in [3.8, 4) is 5.69 Å². The van der Waals surface area contributed by atoms with Gasteiger partial charge in [0.25, 0.3) is 0 Å². The van der Waals surface area contributed by atoms with E-state index >= 15 is 0 Å². The van der Waals surface area contributed by atoms with Gasteiger partial charge in [0, 0.05) is 18.2 Å². The molecule has 0 aliphatic carbocycles. The van der Waals surface area contributed by atoms with E-state index in [0.29, 0.717) is 6.42 Å². The lowest BCUT2D eigenvalue weighted by Gasteiger charge is -2.09. The maximum atomic E-state index is 11.7. The van der Waals surface area contributed by atoms with Gasteiger partial charge in [0.05, 0.1) is 5.69 Å². The Bertz CT molecular complexity index is 520. The standard InChI is InChI=1S/C13H17N5O/c1-2-10(14)7-13(19)17-11-3-5-12(6-4-11)18-9-15-8-16-18/h3-6,8-10H,2,7,14H2,1H3,(H,17,19). The Morgan fingerprint density at radius 2 is 2.16 bits per heavy atom. The van der Waals surface area contributed by atoms with E-state index in [2.05, 4.69) is 15.4 Å². The number of nitrogens with two attached hydrogens (primary N) is 1. The summed E-state index contributed by atoms with van der Waals surface area (Å²) in [6, 6.07) is 7.29. The van der Waals surface area contributed by atoms with Gasteiger partial charge >= 0.3 is 0 Å². The van der Waals surface area contributed by atoms with Crippen molar-refractivity contribution < 1.29 is 4.79 Å². The van der Waals surface area contributed by atoms with Crippen LogP contribution < -0.4 is 11.1 Å². The number of carbonyl (C=O) groups is 1. The average molecular weight is 259 g/mol. The predicted octanol–water partition coefficient (Wildman–Crippen LogP) is 1.33. The van der Waals surface area contributed by atoms with Gasteiger partial charge in [-0.3, -0.25) is 4.79 Å². The van der Waals surface area contributed by atoms with Gasteiger partial charge in [-0.15, -0.1) is 0 Å². The van der Waals surface area contributed by atoms with Gasteiger partial charge in [0.1, 0.15) is 12.7 Å². The first-order valence-electron chi connectivity index (χ1n) is 6.19. The second-order valence-corrected chi connectivity index (χ2v) is 4.31. The van der Waals surface area contributed by atoms with Crippen molar-refractivity contribution in [2.75, 3.05) is 5.32 Å². The fourth-order valence-electron chi connectivity index (χ4n) is 1.63. The smallest absolute Gasteiger partial charge is 0.225 e. The SMILES string of the molecule is CCC(N)CC(=O)Nc1ccc(-n2cncn2)cc1. The summed E-state index contributed by atoms with van der Waals surface area (Å²) in [4.78, 5) is 15.6. The molecule has 0 saturated heterocycles. The van der Waals surface area contributed by atoms with E-state index in [9.17, 15) is 4.79 Å². The number of nitrogens with one attached hydrogen (secondary N) is 1. The highest BCUT2D eigenvalue weighted by atomic mass is 16.1. The fraction of sp³-hybridized carbons (Fsp3) is 0.308. The lowest BCUT2D eigenvalue weighted by atomic mass is 10.1. The van der Waals surface area contributed by atoms with Gasteiger partial charge in [0.15, 0.2) is 0 Å². The van der Waals surface area contributed by atoms with E-state index in [1.54, 1.807) is 11.0 Å². The number of rotatable bonds is 5. The molecule has 0 radical (unpaired) electrons. The maximum absolute atomic E-state index is 11.7. The van der Waals surface area contributed by atoms with Crippen molar-refractivity contribution in [1.82, 2.24) is 14.8 Å². The van der Waals surface area contributed by atoms with Crippen molar-refractivity contribution in [2.24, 2.45) is 5.73 Å². The fourth-order valence-corrected chi connectivity index (χ4v) is 1.63. The van der Waals surface area contributed by atoms with Gasteiger partial charge in [0.2, 0.25) is 5.91 Å². The number of aromatic nitrogens is 3. The molecule has 1 atom stereocenters. The van der Waals surface area contributed by atoms with Crippen LogP contribution in [0.15, 0.2) is 36.9 Å². The van der Waals surface area contributed by atoms with E-state index in [1.165, 1.54) is 6.33 Å². The topological polar surface area (TPSA) is 85.8 Å². The predicted molar refractivity (Wildman–Crippen MR) is 72.9 cm³/mol. The summed E-state index contributed by atoms with van der Waals surface area (Å²) in [6.45, 7) is 1.96. The summed E-state index contributed by atoms with van der Waals surface area (Å²) in [5.74, 6) is -0.0668. The first-order valence-corrected chi connectivity index (χ1v) is 6.19. The molecule has 0 aliphatic heterocycles. The first kappa shape index (κ1) is 13.2. The molecule has 19 heavy (non-hydrogen) atoms. The maximum Gasteiger partial charge on any atom is 0.225 e. The second kappa shape index (κ2) is 6.10. The number of benzene rings is 1. The number of nitrogens with zero attached hydrogens (tertiary/aromatic N) is 3. The molecule has 0 aliphatic rings. The molecule has 6 nitrogen and oxygen atoms in total. The summed E-state index contributed by atoms with van der Waals surface area (Å²) >= 11 is 0. The van der Waals surface area contributed by atoms with Crippen LogP contribution in [0.5, 0.6) is 0 Å². The molecule has 3 N–H and O–H groups in total. The van der Waals surface area contributed by atoms with Crippen LogP contribution in [0.2, 0.25) is 0 Å². The van der Waals surface area contributed by atoms with E-state index in [4.69, 9.17) is 5.73 Å². The number of hydrogen-bond donors (Lipinski definition) is 2. The third kappa shape index (κ3) is 3.62. The summed E-state index contributed by atoms with van der Waals surface area (Å²) in [5, 5.41) is 6.84. The van der Waals surface area contributed by atoms with Crippen LogP contribution in [0.3, 0.4) is 0 Å². The van der Waals surface area contributed by atoms with Gasteiger partial charge in [-0.05, 0) is 30.7 Å². The number of carbonyl (C=O) groups excluding carboxylic acids is 1. The molecule has 1 unspecified atom stereocenters. The molecule has 0 saturated carbocycles. The molecular weight excluding hydrogens is 242 g/mol. The monoisotopic (exact) mass is 259 g/mol. The van der Waals surface area contributed by atoms with Crippen molar-refractivity contribution in [1.29, 1.82) is 0 Å². The van der Waals surface area contributed by atoms with Crippen molar-refractivity contribution in [3.05, 3.63) is 36.9 Å². The molecule has 1 aromatic heterocycles. The highest BCUT2D eigenvalue weighted by Gasteiger charge is 2.07. The molecule has 1 heterocycles. The zero-order chi connectivity index (χ0) is 13.7. The van der Waals surface area contributed by atoms with Gasteiger partial charge in [-0.1, -0.05) is 6.92 Å². The molecule has 1 aromatic carbocycles. The second-order valence-electron chi connectivity index (χ2n) is 4.31. The average Bonchev–Trinajstić information content (AvgIpc) is 2.93. The van der Waals surface area contributed by atoms with Crippen LogP contribution in [0.4, 0.5) is 5.69 Å². The minimum Gasteiger partial charge on any atom is -0.327 e. The molecule has 0 fully saturated rings. The number of hydrogen-bond acceptors (Lipinski definition) is 4. The normalized spacial score (nSPS) is 12.1. The molecule has 2 aromatic rings. The summed E-state index contributed by atoms with van der Waals surface area (Å²) < 4.78 is 1.65. The lowest BCUT2D eigenvalue weighted by Crippen LogP contribution is -2.26. The Balaban J connectivity index is 1.97. The highest BCUT2D eigenvalue weighted by Crippen LogP contribution is 2.12. The largest absolute Gasteiger partial charge is 0.327 e. The molecule has 6 heteroatoms. The summed E-state index contributed by atoms with van der Waals surface area (Å²) in [6.07, 6.45) is 4.22. The van der Waals surface area contributed by atoms with Crippen LogP contribution in [0, 0.1) is 0 Å². The zero-order valence-corrected chi connectivity index (χ0v) is 10.8. The first-order chi connectivity index (χ1) is 9.19. The summed E-state index contributed by atoms with van der Waals surface area (Å²) in [7, 11) is 0. The van der Waals surface area contributed by atoms with Crippen molar-refractivity contribution >= 4 is 11.6 Å². The van der Waals surface area contributed by atoms with E-state index in [1.807, 2.05) is 31.2 Å². The van der Waals surface area contributed by atoms with E-state index in [0.717, 1.165) is 17.8 Å². The van der Waals surface area contributed by atoms with Crippen LogP contribution in [-0.2, 0) is 4.79 Å². The third-order valence-corrected chi connectivity index (χ3v) is 2.81. The van der Waals surface area contributed by atoms with Crippen molar-refractivity contribution in [3.63, 3.8) is 0 Å². The van der Waals surface area contributed by atoms with Crippen LogP contribution in [-0.4, -0.2) is 26.7 Å². The number of amides is 1. The van der Waals surface area contributed by atoms with Crippen LogP contribution >= 0.6 is 0 Å². The zero-order valence-electron chi connectivity index (χ0n) is 10.8. The molecule has 0 bridgehead atoms. The highest BCUT2D eigenvalue weighted by molar-refractivity contribution is 5.91. The van der Waals surface area contributed by atoms with Crippen molar-refractivity contribution in [2.45, 2.75) is 25.8 Å². The van der Waals surface area contributed by atoms with Crippen LogP contribution in [0.25, 0.3) is 5.69 Å².